The van der Waals surface area contributed by atoms with E-state index < -0.39 is 23.3 Å². The van der Waals surface area contributed by atoms with Gasteiger partial charge in [-0.15, -0.1) is 0 Å². The van der Waals surface area contributed by atoms with Gasteiger partial charge in [-0.1, -0.05) is 36.0 Å². The van der Waals surface area contributed by atoms with E-state index in [9.17, 15) is 19.2 Å². The summed E-state index contributed by atoms with van der Waals surface area (Å²) < 4.78 is 16.5. The first-order valence-corrected chi connectivity index (χ1v) is 11.0. The molecule has 10 heteroatoms. The monoisotopic (exact) mass is 473 g/mol. The third-order valence-corrected chi connectivity index (χ3v) is 5.78. The van der Waals surface area contributed by atoms with E-state index in [2.05, 4.69) is 5.32 Å². The number of methoxy groups -OCH3 is 1. The SMILES string of the molecule is COc1cccc(C(COc2ccc(CC3SC(=O)NC3=O)cc2)OC(=O)CCC(=O)O)c1. The molecule has 174 valence electrons. The third kappa shape index (κ3) is 7.25. The number of carbonyl (C=O) groups excluding carboxylic acids is 3. The summed E-state index contributed by atoms with van der Waals surface area (Å²) in [6.45, 7) is 0.000705. The van der Waals surface area contributed by atoms with Crippen molar-refractivity contribution in [3.05, 3.63) is 59.7 Å². The van der Waals surface area contributed by atoms with Gasteiger partial charge in [0.15, 0.2) is 6.10 Å². The molecule has 1 aliphatic heterocycles. The van der Waals surface area contributed by atoms with Gasteiger partial charge in [-0.3, -0.25) is 24.5 Å². The summed E-state index contributed by atoms with van der Waals surface area (Å²) in [7, 11) is 1.52. The van der Waals surface area contributed by atoms with Crippen molar-refractivity contribution in [2.75, 3.05) is 13.7 Å². The van der Waals surface area contributed by atoms with E-state index in [0.29, 0.717) is 23.5 Å². The number of rotatable bonds is 11. The Balaban J connectivity index is 1.64. The maximum atomic E-state index is 12.1. The molecule has 0 saturated carbocycles. The fourth-order valence-corrected chi connectivity index (χ4v) is 3.96. The number of aliphatic carboxylic acids is 1. The summed E-state index contributed by atoms with van der Waals surface area (Å²) in [4.78, 5) is 45.9. The van der Waals surface area contributed by atoms with Crippen molar-refractivity contribution in [2.45, 2.75) is 30.6 Å². The molecule has 1 saturated heterocycles. The highest BCUT2D eigenvalue weighted by Crippen LogP contribution is 2.26. The molecule has 2 atom stereocenters. The molecule has 2 N–H and O–H groups in total. The molecule has 3 rings (SSSR count). The summed E-state index contributed by atoms with van der Waals surface area (Å²) in [6, 6.07) is 14.0. The lowest BCUT2D eigenvalue weighted by Gasteiger charge is -2.19. The molecule has 1 heterocycles. The van der Waals surface area contributed by atoms with Crippen molar-refractivity contribution in [3.63, 3.8) is 0 Å². The van der Waals surface area contributed by atoms with Crippen LogP contribution in [-0.4, -0.2) is 47.2 Å². The molecule has 1 aliphatic rings. The number of nitrogens with one attached hydrogen (secondary N) is 1. The zero-order valence-electron chi connectivity index (χ0n) is 17.8. The number of carboxylic acids is 1. The van der Waals surface area contributed by atoms with Crippen LogP contribution in [0.1, 0.15) is 30.1 Å². The number of ether oxygens (including phenoxy) is 3. The van der Waals surface area contributed by atoms with Gasteiger partial charge in [0.25, 0.3) is 5.24 Å². The van der Waals surface area contributed by atoms with Crippen LogP contribution in [0.4, 0.5) is 4.79 Å². The molecule has 0 radical (unpaired) electrons. The lowest BCUT2D eigenvalue weighted by Crippen LogP contribution is -2.25. The van der Waals surface area contributed by atoms with Crippen LogP contribution in [-0.2, 0) is 25.5 Å². The number of hydrogen-bond acceptors (Lipinski definition) is 8. The van der Waals surface area contributed by atoms with E-state index in [0.717, 1.165) is 17.3 Å². The molecule has 0 aliphatic carbocycles. The topological polar surface area (TPSA) is 128 Å². The van der Waals surface area contributed by atoms with Crippen molar-refractivity contribution in [1.82, 2.24) is 5.32 Å². The van der Waals surface area contributed by atoms with Gasteiger partial charge >= 0.3 is 11.9 Å². The Kier molecular flexibility index (Phi) is 8.31. The fourth-order valence-electron chi connectivity index (χ4n) is 3.10. The summed E-state index contributed by atoms with van der Waals surface area (Å²) in [5, 5.41) is 10.3. The van der Waals surface area contributed by atoms with Crippen molar-refractivity contribution in [1.29, 1.82) is 0 Å². The van der Waals surface area contributed by atoms with Gasteiger partial charge in [0.05, 0.1) is 25.2 Å². The van der Waals surface area contributed by atoms with E-state index in [1.807, 2.05) is 0 Å². The Morgan fingerprint density at radius 1 is 1.09 bits per heavy atom. The molecule has 2 aromatic carbocycles. The molecule has 33 heavy (non-hydrogen) atoms. The van der Waals surface area contributed by atoms with Crippen LogP contribution in [0.5, 0.6) is 11.5 Å². The first-order valence-electron chi connectivity index (χ1n) is 10.1. The van der Waals surface area contributed by atoms with Crippen LogP contribution >= 0.6 is 11.8 Å². The van der Waals surface area contributed by atoms with E-state index >= 15 is 0 Å². The lowest BCUT2D eigenvalue weighted by atomic mass is 10.1. The first kappa shape index (κ1) is 24.1. The molecule has 0 aromatic heterocycles. The van der Waals surface area contributed by atoms with Crippen molar-refractivity contribution in [3.8, 4) is 11.5 Å². The van der Waals surface area contributed by atoms with Gasteiger partial charge in [-0.05, 0) is 41.8 Å². The fraction of sp³-hybridized carbons (Fsp3) is 0.304. The molecule has 9 nitrogen and oxygen atoms in total. The maximum absolute atomic E-state index is 12.1. The summed E-state index contributed by atoms with van der Waals surface area (Å²) >= 11 is 0.973. The maximum Gasteiger partial charge on any atom is 0.307 e. The number of benzene rings is 2. The standard InChI is InChI=1S/C23H23NO8S/c1-30-17-4-2-3-15(12-17)18(32-21(27)10-9-20(25)26)13-31-16-7-5-14(6-8-16)11-19-22(28)24-23(29)33-19/h2-8,12,18-19H,9-11,13H2,1H3,(H,25,26)(H,24,28,29). The number of imide groups is 1. The van der Waals surface area contributed by atoms with Gasteiger partial charge < -0.3 is 19.3 Å². The van der Waals surface area contributed by atoms with Crippen LogP contribution < -0.4 is 14.8 Å². The Labute approximate surface area is 194 Å². The second-order valence-corrected chi connectivity index (χ2v) is 8.37. The minimum Gasteiger partial charge on any atom is -0.497 e. The largest absolute Gasteiger partial charge is 0.497 e. The Morgan fingerprint density at radius 2 is 1.85 bits per heavy atom. The normalized spacial score (nSPS) is 16.1. The van der Waals surface area contributed by atoms with Crippen LogP contribution in [0, 0.1) is 0 Å². The van der Waals surface area contributed by atoms with Crippen molar-refractivity contribution < 1.29 is 38.5 Å². The third-order valence-electron chi connectivity index (χ3n) is 4.80. The minimum absolute atomic E-state index is 0.000705. The molecular weight excluding hydrogens is 450 g/mol. The molecule has 0 bridgehead atoms. The van der Waals surface area contributed by atoms with Crippen LogP contribution in [0.2, 0.25) is 0 Å². The number of hydrogen-bond donors (Lipinski definition) is 2. The molecule has 0 spiro atoms. The van der Waals surface area contributed by atoms with Gasteiger partial charge in [0, 0.05) is 0 Å². The average Bonchev–Trinajstić information content (AvgIpc) is 3.12. The molecule has 2 aromatic rings. The van der Waals surface area contributed by atoms with E-state index in [4.69, 9.17) is 19.3 Å². The second kappa shape index (κ2) is 11.4. The number of amides is 2. The van der Waals surface area contributed by atoms with E-state index in [-0.39, 0.29) is 30.6 Å². The Hall–Kier alpha value is -3.53. The highest BCUT2D eigenvalue weighted by Gasteiger charge is 2.31. The zero-order chi connectivity index (χ0) is 23.8. The van der Waals surface area contributed by atoms with Gasteiger partial charge in [-0.2, -0.15) is 0 Å². The predicted molar refractivity (Wildman–Crippen MR) is 119 cm³/mol. The zero-order valence-corrected chi connectivity index (χ0v) is 18.6. The Morgan fingerprint density at radius 3 is 2.48 bits per heavy atom. The highest BCUT2D eigenvalue weighted by atomic mass is 32.2. The number of esters is 1. The average molecular weight is 474 g/mol. The lowest BCUT2D eigenvalue weighted by molar-refractivity contribution is -0.153. The highest BCUT2D eigenvalue weighted by molar-refractivity contribution is 8.15. The van der Waals surface area contributed by atoms with E-state index in [1.54, 1.807) is 48.5 Å². The van der Waals surface area contributed by atoms with Gasteiger partial charge in [0.1, 0.15) is 18.1 Å². The second-order valence-electron chi connectivity index (χ2n) is 7.19. The van der Waals surface area contributed by atoms with Crippen LogP contribution in [0.3, 0.4) is 0 Å². The quantitative estimate of drug-likeness (QED) is 0.473. The first-order chi connectivity index (χ1) is 15.8. The number of carboxylic acid groups (broad SMARTS) is 1. The summed E-state index contributed by atoms with van der Waals surface area (Å²) in [5.41, 5.74) is 1.51. The van der Waals surface area contributed by atoms with Crippen LogP contribution in [0.25, 0.3) is 0 Å². The summed E-state index contributed by atoms with van der Waals surface area (Å²) in [5.74, 6) is -0.926. The molecular formula is C23H23NO8S. The molecule has 2 amide bonds. The number of thioether (sulfide) groups is 1. The summed E-state index contributed by atoms with van der Waals surface area (Å²) in [6.07, 6.45) is -0.934. The molecule has 2 unspecified atom stereocenters. The number of carbonyl (C=O) groups is 4. The van der Waals surface area contributed by atoms with Crippen molar-refractivity contribution >= 4 is 34.8 Å². The Bertz CT molecular complexity index is 1020. The van der Waals surface area contributed by atoms with Crippen LogP contribution in [0.15, 0.2) is 48.5 Å². The van der Waals surface area contributed by atoms with Gasteiger partial charge in [-0.25, -0.2) is 0 Å². The van der Waals surface area contributed by atoms with Crippen molar-refractivity contribution in [2.24, 2.45) is 0 Å². The van der Waals surface area contributed by atoms with E-state index in [1.165, 1.54) is 7.11 Å². The predicted octanol–water partition coefficient (Wildman–Crippen LogP) is 3.12. The minimum atomic E-state index is -1.08. The molecule has 1 fully saturated rings. The van der Waals surface area contributed by atoms with Gasteiger partial charge in [0.2, 0.25) is 5.91 Å². The smallest absolute Gasteiger partial charge is 0.307 e.